The lowest BCUT2D eigenvalue weighted by Gasteiger charge is -2.36. The van der Waals surface area contributed by atoms with Gasteiger partial charge in [0, 0.05) is 6.04 Å². The maximum atomic E-state index is 12.0. The van der Waals surface area contributed by atoms with Gasteiger partial charge in [0.05, 0.1) is 12.1 Å². The van der Waals surface area contributed by atoms with Gasteiger partial charge in [0.2, 0.25) is 0 Å². The van der Waals surface area contributed by atoms with Crippen molar-refractivity contribution in [3.8, 4) is 0 Å². The molecule has 2 aliphatic rings. The van der Waals surface area contributed by atoms with Gasteiger partial charge < -0.3 is 9.84 Å². The summed E-state index contributed by atoms with van der Waals surface area (Å²) in [5.74, 6) is 0. The molecule has 2 aliphatic heterocycles. The van der Waals surface area contributed by atoms with E-state index in [-0.39, 0.29) is 24.3 Å². The van der Waals surface area contributed by atoms with Crippen LogP contribution in [0, 0.1) is 0 Å². The molecule has 2 rings (SSSR count). The number of piperidine rings is 1. The van der Waals surface area contributed by atoms with Gasteiger partial charge in [-0.15, -0.1) is 0 Å². The van der Waals surface area contributed by atoms with E-state index < -0.39 is 5.60 Å². The predicted octanol–water partition coefficient (Wildman–Crippen LogP) is 1.91. The summed E-state index contributed by atoms with van der Waals surface area (Å²) in [7, 11) is 0. The highest BCUT2D eigenvalue weighted by molar-refractivity contribution is 5.69. The summed E-state index contributed by atoms with van der Waals surface area (Å²) in [6, 6.07) is 0.164. The number of carbonyl (C=O) groups excluding carboxylic acids is 1. The van der Waals surface area contributed by atoms with Crippen LogP contribution in [0.25, 0.3) is 0 Å². The van der Waals surface area contributed by atoms with Crippen molar-refractivity contribution in [1.29, 1.82) is 0 Å². The molecule has 0 aromatic heterocycles. The van der Waals surface area contributed by atoms with Crippen molar-refractivity contribution in [1.82, 2.24) is 4.90 Å². The van der Waals surface area contributed by atoms with Crippen molar-refractivity contribution in [2.45, 2.75) is 70.2 Å². The van der Waals surface area contributed by atoms with E-state index in [2.05, 4.69) is 0 Å². The zero-order chi connectivity index (χ0) is 11.9. The number of nitrogens with zero attached hydrogens (tertiary/aromatic N) is 1. The van der Waals surface area contributed by atoms with Crippen LogP contribution in [0.15, 0.2) is 0 Å². The van der Waals surface area contributed by atoms with Gasteiger partial charge >= 0.3 is 6.09 Å². The highest BCUT2D eigenvalue weighted by atomic mass is 16.6. The van der Waals surface area contributed by atoms with Crippen molar-refractivity contribution in [3.63, 3.8) is 0 Å². The second-order valence-electron chi connectivity index (χ2n) is 5.84. The SMILES string of the molecule is CC(C)(C)OC(=O)N1[C@H]2CCC[C@@H]1[C@H](O)C2. The first-order valence-electron chi connectivity index (χ1n) is 6.08. The molecule has 3 atom stereocenters. The van der Waals surface area contributed by atoms with Crippen LogP contribution in [0.5, 0.6) is 0 Å². The van der Waals surface area contributed by atoms with Crippen LogP contribution in [-0.2, 0) is 4.74 Å². The quantitative estimate of drug-likeness (QED) is 0.687. The lowest BCUT2D eigenvalue weighted by atomic mass is 10.0. The number of hydrogen-bond acceptors (Lipinski definition) is 3. The highest BCUT2D eigenvalue weighted by Crippen LogP contribution is 2.36. The van der Waals surface area contributed by atoms with Gasteiger partial charge in [0.15, 0.2) is 0 Å². The summed E-state index contributed by atoms with van der Waals surface area (Å²) in [5, 5.41) is 9.87. The Labute approximate surface area is 96.6 Å². The van der Waals surface area contributed by atoms with Gasteiger partial charge in [0.1, 0.15) is 5.60 Å². The van der Waals surface area contributed by atoms with E-state index in [4.69, 9.17) is 4.74 Å². The van der Waals surface area contributed by atoms with Crippen LogP contribution in [0.2, 0.25) is 0 Å². The third-order valence-electron chi connectivity index (χ3n) is 3.35. The molecule has 1 amide bonds. The minimum Gasteiger partial charge on any atom is -0.444 e. The molecule has 0 spiro atoms. The summed E-state index contributed by atoms with van der Waals surface area (Å²) in [5.41, 5.74) is -0.459. The van der Waals surface area contributed by atoms with E-state index in [0.717, 1.165) is 19.3 Å². The molecule has 0 aliphatic carbocycles. The van der Waals surface area contributed by atoms with E-state index in [1.807, 2.05) is 20.8 Å². The van der Waals surface area contributed by atoms with Crippen LogP contribution in [-0.4, -0.2) is 39.9 Å². The zero-order valence-corrected chi connectivity index (χ0v) is 10.3. The second-order valence-corrected chi connectivity index (χ2v) is 5.84. The van der Waals surface area contributed by atoms with E-state index in [9.17, 15) is 9.90 Å². The van der Waals surface area contributed by atoms with Crippen LogP contribution in [0.4, 0.5) is 4.79 Å². The number of ether oxygens (including phenoxy) is 1. The molecule has 0 unspecified atom stereocenters. The van der Waals surface area contributed by atoms with Crippen molar-refractivity contribution >= 4 is 6.09 Å². The standard InChI is InChI=1S/C12H21NO3/c1-12(2,3)16-11(15)13-8-5-4-6-9(13)10(14)7-8/h8-10,14H,4-7H2,1-3H3/t8-,9+,10+/m0/s1. The summed E-state index contributed by atoms with van der Waals surface area (Å²) in [4.78, 5) is 13.8. The molecule has 0 saturated carbocycles. The number of hydrogen-bond donors (Lipinski definition) is 1. The van der Waals surface area contributed by atoms with Gasteiger partial charge in [-0.2, -0.15) is 0 Å². The van der Waals surface area contributed by atoms with E-state index in [0.29, 0.717) is 6.42 Å². The molecule has 2 saturated heterocycles. The lowest BCUT2D eigenvalue weighted by molar-refractivity contribution is 0.000679. The Hall–Kier alpha value is -0.770. The zero-order valence-electron chi connectivity index (χ0n) is 10.3. The molecule has 0 radical (unpaired) electrons. The molecule has 16 heavy (non-hydrogen) atoms. The van der Waals surface area contributed by atoms with E-state index >= 15 is 0 Å². The molecule has 92 valence electrons. The van der Waals surface area contributed by atoms with Gasteiger partial charge in [-0.3, -0.25) is 4.90 Å². The topological polar surface area (TPSA) is 49.8 Å². The number of aliphatic hydroxyl groups is 1. The Morgan fingerprint density at radius 2 is 2.06 bits per heavy atom. The third kappa shape index (κ3) is 2.17. The first-order chi connectivity index (χ1) is 7.38. The fourth-order valence-electron chi connectivity index (χ4n) is 2.76. The molecule has 2 heterocycles. The molecule has 4 nitrogen and oxygen atoms in total. The summed E-state index contributed by atoms with van der Waals surface area (Å²) < 4.78 is 5.38. The molecule has 0 aromatic carbocycles. The van der Waals surface area contributed by atoms with Gasteiger partial charge in [-0.25, -0.2) is 4.79 Å². The van der Waals surface area contributed by atoms with Crippen molar-refractivity contribution in [2.24, 2.45) is 0 Å². The Kier molecular flexibility index (Phi) is 2.86. The summed E-state index contributed by atoms with van der Waals surface area (Å²) >= 11 is 0. The van der Waals surface area contributed by atoms with Gasteiger partial charge in [0.25, 0.3) is 0 Å². The third-order valence-corrected chi connectivity index (χ3v) is 3.35. The van der Waals surface area contributed by atoms with Crippen LogP contribution >= 0.6 is 0 Å². The molecular formula is C12H21NO3. The minimum atomic E-state index is -0.459. The fourth-order valence-corrected chi connectivity index (χ4v) is 2.76. The average Bonchev–Trinajstić information content (AvgIpc) is 2.31. The largest absolute Gasteiger partial charge is 0.444 e. The average molecular weight is 227 g/mol. The van der Waals surface area contributed by atoms with Crippen molar-refractivity contribution in [2.75, 3.05) is 0 Å². The lowest BCUT2D eigenvalue weighted by Crippen LogP contribution is -2.48. The molecule has 2 fully saturated rings. The second kappa shape index (κ2) is 3.91. The smallest absolute Gasteiger partial charge is 0.410 e. The van der Waals surface area contributed by atoms with E-state index in [1.54, 1.807) is 4.90 Å². The maximum absolute atomic E-state index is 12.0. The fraction of sp³-hybridized carbons (Fsp3) is 0.917. The molecular weight excluding hydrogens is 206 g/mol. The number of rotatable bonds is 0. The Morgan fingerprint density at radius 1 is 1.38 bits per heavy atom. The van der Waals surface area contributed by atoms with Crippen molar-refractivity contribution in [3.05, 3.63) is 0 Å². The summed E-state index contributed by atoms with van der Waals surface area (Å²) in [6.07, 6.45) is 3.08. The Balaban J connectivity index is 2.07. The monoisotopic (exact) mass is 227 g/mol. The molecule has 1 N–H and O–H groups in total. The highest BCUT2D eigenvalue weighted by Gasteiger charge is 2.46. The summed E-state index contributed by atoms with van der Waals surface area (Å²) in [6.45, 7) is 5.60. The Bertz CT molecular complexity index is 284. The molecule has 2 bridgehead atoms. The number of aliphatic hydroxyl groups excluding tert-OH is 1. The van der Waals surface area contributed by atoms with Crippen molar-refractivity contribution < 1.29 is 14.6 Å². The first kappa shape index (κ1) is 11.7. The normalized spacial score (nSPS) is 34.0. The van der Waals surface area contributed by atoms with Crippen LogP contribution < -0.4 is 0 Å². The molecule has 4 heteroatoms. The minimum absolute atomic E-state index is 0.0198. The maximum Gasteiger partial charge on any atom is 0.410 e. The Morgan fingerprint density at radius 3 is 2.62 bits per heavy atom. The number of fused-ring (bicyclic) bond motifs is 2. The van der Waals surface area contributed by atoms with Gasteiger partial charge in [-0.05, 0) is 46.5 Å². The first-order valence-corrected chi connectivity index (χ1v) is 6.08. The predicted molar refractivity (Wildman–Crippen MR) is 60.1 cm³/mol. The van der Waals surface area contributed by atoms with Gasteiger partial charge in [-0.1, -0.05) is 0 Å². The number of carbonyl (C=O) groups is 1. The van der Waals surface area contributed by atoms with E-state index in [1.165, 1.54) is 0 Å². The number of amides is 1. The molecule has 0 aromatic rings. The van der Waals surface area contributed by atoms with Crippen LogP contribution in [0.3, 0.4) is 0 Å². The van der Waals surface area contributed by atoms with Crippen LogP contribution in [0.1, 0.15) is 46.5 Å².